The molecule has 1 aromatic heterocycles. The topological polar surface area (TPSA) is 17.1 Å². The summed E-state index contributed by atoms with van der Waals surface area (Å²) in [4.78, 5) is 12.8. The molecule has 0 bridgehead atoms. The van der Waals surface area contributed by atoms with Crippen molar-refractivity contribution in [2.24, 2.45) is 0 Å². The highest BCUT2D eigenvalue weighted by atomic mass is 79.9. The van der Waals surface area contributed by atoms with E-state index >= 15 is 0 Å². The monoisotopic (exact) mass is 332 g/mol. The molecule has 0 fully saturated rings. The van der Waals surface area contributed by atoms with Gasteiger partial charge in [0.2, 0.25) is 0 Å². The van der Waals surface area contributed by atoms with Crippen LogP contribution in [0.4, 0.5) is 4.39 Å². The lowest BCUT2D eigenvalue weighted by molar-refractivity contribution is 0.0990. The van der Waals surface area contributed by atoms with Crippen molar-refractivity contribution < 1.29 is 9.18 Å². The molecule has 5 heteroatoms. The van der Waals surface area contributed by atoms with Gasteiger partial charge in [-0.3, -0.25) is 4.79 Å². The summed E-state index contributed by atoms with van der Waals surface area (Å²) in [5, 5.41) is 2.25. The van der Waals surface area contributed by atoms with Crippen LogP contribution in [0.3, 0.4) is 0 Å². The van der Waals surface area contributed by atoms with Crippen LogP contribution in [-0.2, 0) is 6.42 Å². The van der Waals surface area contributed by atoms with Crippen molar-refractivity contribution in [3.8, 4) is 0 Å². The van der Waals surface area contributed by atoms with Crippen LogP contribution in [0.25, 0.3) is 0 Å². The molecule has 0 amide bonds. The van der Waals surface area contributed by atoms with Crippen LogP contribution < -0.4 is 0 Å². The van der Waals surface area contributed by atoms with E-state index in [2.05, 4.69) is 15.9 Å². The van der Waals surface area contributed by atoms with Crippen molar-refractivity contribution >= 4 is 44.7 Å². The number of halogens is 3. The molecule has 0 aliphatic carbocycles. The predicted octanol–water partition coefficient (Wildman–Crippen LogP) is 4.73. The number of hydrogen-bond donors (Lipinski definition) is 0. The normalized spacial score (nSPS) is 10.5. The molecule has 0 N–H and O–H groups in total. The molecule has 0 radical (unpaired) electrons. The lowest BCUT2D eigenvalue weighted by atomic mass is 10.1. The van der Waals surface area contributed by atoms with Crippen LogP contribution in [0, 0.1) is 5.82 Å². The summed E-state index contributed by atoms with van der Waals surface area (Å²) in [6, 6.07) is 5.85. The lowest BCUT2D eigenvalue weighted by Crippen LogP contribution is -2.05. The van der Waals surface area contributed by atoms with Gasteiger partial charge in [-0.25, -0.2) is 4.39 Å². The first-order valence-electron chi connectivity index (χ1n) is 4.77. The maximum atomic E-state index is 13.4. The van der Waals surface area contributed by atoms with Gasteiger partial charge < -0.3 is 0 Å². The van der Waals surface area contributed by atoms with Gasteiger partial charge in [-0.1, -0.05) is 11.6 Å². The SMILES string of the molecule is O=C(Cc1cc(Br)cs1)c1cc(Cl)ccc1F. The molecular formula is C12H7BrClFOS. The van der Waals surface area contributed by atoms with Gasteiger partial charge in [-0.2, -0.15) is 0 Å². The fourth-order valence-electron chi connectivity index (χ4n) is 1.41. The molecule has 0 aliphatic heterocycles. The van der Waals surface area contributed by atoms with E-state index in [9.17, 15) is 9.18 Å². The lowest BCUT2D eigenvalue weighted by Gasteiger charge is -2.01. The van der Waals surface area contributed by atoms with E-state index in [-0.39, 0.29) is 17.8 Å². The van der Waals surface area contributed by atoms with Gasteiger partial charge in [0.05, 0.1) is 5.56 Å². The summed E-state index contributed by atoms with van der Waals surface area (Å²) in [5.41, 5.74) is 0.0435. The number of rotatable bonds is 3. The average molecular weight is 334 g/mol. The fourth-order valence-corrected chi connectivity index (χ4v) is 3.03. The van der Waals surface area contributed by atoms with Crippen LogP contribution in [0.15, 0.2) is 34.1 Å². The number of benzene rings is 1. The second kappa shape index (κ2) is 5.29. The van der Waals surface area contributed by atoms with Crippen molar-refractivity contribution in [1.29, 1.82) is 0 Å². The first-order chi connectivity index (χ1) is 8.06. The van der Waals surface area contributed by atoms with Gasteiger partial charge in [-0.15, -0.1) is 11.3 Å². The Morgan fingerprint density at radius 2 is 2.18 bits per heavy atom. The minimum Gasteiger partial charge on any atom is -0.294 e. The number of carbonyl (C=O) groups excluding carboxylic acids is 1. The molecule has 1 heterocycles. The Kier molecular flexibility index (Phi) is 3.97. The Balaban J connectivity index is 2.22. The van der Waals surface area contributed by atoms with Gasteiger partial charge >= 0.3 is 0 Å². The molecule has 0 saturated carbocycles. The van der Waals surface area contributed by atoms with E-state index in [0.29, 0.717) is 5.02 Å². The van der Waals surface area contributed by atoms with E-state index in [0.717, 1.165) is 9.35 Å². The van der Waals surface area contributed by atoms with Crippen LogP contribution in [0.5, 0.6) is 0 Å². The molecule has 0 spiro atoms. The minimum absolute atomic E-state index is 0.0435. The molecule has 0 aliphatic rings. The largest absolute Gasteiger partial charge is 0.294 e. The van der Waals surface area contributed by atoms with E-state index < -0.39 is 5.82 Å². The first kappa shape index (κ1) is 12.7. The highest BCUT2D eigenvalue weighted by Crippen LogP contribution is 2.22. The molecule has 17 heavy (non-hydrogen) atoms. The Bertz CT molecular complexity index is 567. The third-order valence-electron chi connectivity index (χ3n) is 2.19. The average Bonchev–Trinajstić information content (AvgIpc) is 2.67. The summed E-state index contributed by atoms with van der Waals surface area (Å²) in [5.74, 6) is -0.797. The molecule has 88 valence electrons. The predicted molar refractivity (Wildman–Crippen MR) is 71.5 cm³/mol. The summed E-state index contributed by atoms with van der Waals surface area (Å²) in [6.45, 7) is 0. The van der Waals surface area contributed by atoms with Crippen LogP contribution in [0.1, 0.15) is 15.2 Å². The number of carbonyl (C=O) groups is 1. The van der Waals surface area contributed by atoms with Gasteiger partial charge in [0.1, 0.15) is 5.82 Å². The molecule has 1 aromatic carbocycles. The zero-order valence-electron chi connectivity index (χ0n) is 8.54. The standard InChI is InChI=1S/C12H7BrClFOS/c13-7-3-9(17-6-7)5-12(16)10-4-8(14)1-2-11(10)15/h1-4,6H,5H2. The summed E-state index contributed by atoms with van der Waals surface area (Å²) < 4.78 is 14.4. The maximum absolute atomic E-state index is 13.4. The second-order valence-corrected chi connectivity index (χ2v) is 5.80. The van der Waals surface area contributed by atoms with Crippen molar-refractivity contribution in [2.45, 2.75) is 6.42 Å². The summed E-state index contributed by atoms with van der Waals surface area (Å²) in [6.07, 6.45) is 0.188. The molecular weight excluding hydrogens is 327 g/mol. The molecule has 1 nitrogen and oxygen atoms in total. The second-order valence-electron chi connectivity index (χ2n) is 3.46. The highest BCUT2D eigenvalue weighted by Gasteiger charge is 2.13. The molecule has 2 aromatic rings. The van der Waals surface area contributed by atoms with Gasteiger partial charge in [0.15, 0.2) is 5.78 Å². The smallest absolute Gasteiger partial charge is 0.171 e. The van der Waals surface area contributed by atoms with E-state index in [4.69, 9.17) is 11.6 Å². The first-order valence-corrected chi connectivity index (χ1v) is 6.82. The maximum Gasteiger partial charge on any atom is 0.171 e. The third kappa shape index (κ3) is 3.15. The van der Waals surface area contributed by atoms with Crippen molar-refractivity contribution in [1.82, 2.24) is 0 Å². The molecule has 0 atom stereocenters. The zero-order chi connectivity index (χ0) is 12.4. The number of thiophene rings is 1. The quantitative estimate of drug-likeness (QED) is 0.742. The van der Waals surface area contributed by atoms with E-state index in [1.54, 1.807) is 0 Å². The van der Waals surface area contributed by atoms with Crippen LogP contribution in [0.2, 0.25) is 5.02 Å². The van der Waals surface area contributed by atoms with Crippen molar-refractivity contribution in [3.63, 3.8) is 0 Å². The zero-order valence-corrected chi connectivity index (χ0v) is 11.7. The minimum atomic E-state index is -0.532. The van der Waals surface area contributed by atoms with E-state index in [1.165, 1.54) is 29.5 Å². The number of hydrogen-bond acceptors (Lipinski definition) is 2. The summed E-state index contributed by atoms with van der Waals surface area (Å²) >= 11 is 10.5. The number of ketones is 1. The number of Topliss-reactive ketones (excluding diaryl/α,β-unsaturated/α-hetero) is 1. The Morgan fingerprint density at radius 1 is 1.41 bits per heavy atom. The third-order valence-corrected chi connectivity index (χ3v) is 4.12. The van der Waals surface area contributed by atoms with Gasteiger partial charge in [0, 0.05) is 26.2 Å². The van der Waals surface area contributed by atoms with Gasteiger partial charge in [-0.05, 0) is 40.2 Å². The summed E-state index contributed by atoms with van der Waals surface area (Å²) in [7, 11) is 0. The van der Waals surface area contributed by atoms with Crippen LogP contribution in [-0.4, -0.2) is 5.78 Å². The molecule has 0 unspecified atom stereocenters. The Hall–Kier alpha value is -0.710. The van der Waals surface area contributed by atoms with Gasteiger partial charge in [0.25, 0.3) is 0 Å². The molecule has 0 saturated heterocycles. The van der Waals surface area contributed by atoms with E-state index in [1.807, 2.05) is 11.4 Å². The highest BCUT2D eigenvalue weighted by molar-refractivity contribution is 9.10. The van der Waals surface area contributed by atoms with Crippen LogP contribution >= 0.6 is 38.9 Å². The Labute approximate surface area is 115 Å². The fraction of sp³-hybridized carbons (Fsp3) is 0.0833. The Morgan fingerprint density at radius 3 is 2.82 bits per heavy atom. The molecule has 2 rings (SSSR count). The van der Waals surface area contributed by atoms with Crippen molar-refractivity contribution in [3.05, 3.63) is 55.4 Å². The van der Waals surface area contributed by atoms with Crippen molar-refractivity contribution in [2.75, 3.05) is 0 Å².